The molecule has 2 N–H and O–H groups in total. The molecule has 150 valence electrons. The predicted molar refractivity (Wildman–Crippen MR) is 113 cm³/mol. The molecule has 0 unspecified atom stereocenters. The summed E-state index contributed by atoms with van der Waals surface area (Å²) in [5, 5.41) is 29.1. The number of nitrogens with zero attached hydrogens (tertiary/aromatic N) is 3. The number of amides is 1. The highest BCUT2D eigenvalue weighted by Gasteiger charge is 2.18. The molecule has 0 saturated carbocycles. The summed E-state index contributed by atoms with van der Waals surface area (Å²) in [5.74, 6) is -0.290. The van der Waals surface area contributed by atoms with E-state index in [4.69, 9.17) is 4.74 Å². The number of carbonyl (C=O) groups is 1. The molecule has 0 bridgehead atoms. The highest BCUT2D eigenvalue weighted by molar-refractivity contribution is 5.98. The van der Waals surface area contributed by atoms with Crippen LogP contribution in [0.25, 0.3) is 10.9 Å². The maximum atomic E-state index is 12.3. The van der Waals surface area contributed by atoms with Crippen molar-refractivity contribution >= 4 is 22.5 Å². The van der Waals surface area contributed by atoms with Gasteiger partial charge in [0.2, 0.25) is 5.88 Å². The number of fused-ring (bicyclic) bond motifs is 1. The second-order valence-corrected chi connectivity index (χ2v) is 6.61. The average Bonchev–Trinajstić information content (AvgIpc) is 3.04. The minimum atomic E-state index is -0.700. The molecule has 7 heteroatoms. The smallest absolute Gasteiger partial charge is 0.299 e. The Morgan fingerprint density at radius 2 is 1.67 bits per heavy atom. The first-order valence-electron chi connectivity index (χ1n) is 9.26. The van der Waals surface area contributed by atoms with Gasteiger partial charge in [-0.25, -0.2) is 0 Å². The van der Waals surface area contributed by atoms with Crippen LogP contribution >= 0.6 is 0 Å². The largest absolute Gasteiger partial charge is 0.507 e. The van der Waals surface area contributed by atoms with Crippen LogP contribution in [-0.2, 0) is 6.54 Å². The van der Waals surface area contributed by atoms with E-state index in [0.29, 0.717) is 17.7 Å². The van der Waals surface area contributed by atoms with E-state index in [1.165, 1.54) is 12.1 Å². The normalized spacial score (nSPS) is 11.2. The van der Waals surface area contributed by atoms with Crippen LogP contribution in [0.3, 0.4) is 0 Å². The minimum absolute atomic E-state index is 0.0403. The van der Waals surface area contributed by atoms with Crippen molar-refractivity contribution in [3.63, 3.8) is 0 Å². The molecule has 7 nitrogen and oxygen atoms in total. The molecule has 4 aromatic rings. The zero-order valence-electron chi connectivity index (χ0n) is 16.2. The molecule has 0 saturated heterocycles. The second-order valence-electron chi connectivity index (χ2n) is 6.61. The predicted octanol–water partition coefficient (Wildman–Crippen LogP) is 5.03. The van der Waals surface area contributed by atoms with Crippen LogP contribution in [0.4, 0.5) is 5.69 Å². The van der Waals surface area contributed by atoms with Crippen molar-refractivity contribution in [3.05, 3.63) is 83.9 Å². The van der Waals surface area contributed by atoms with Crippen molar-refractivity contribution < 1.29 is 19.7 Å². The maximum absolute atomic E-state index is 12.3. The van der Waals surface area contributed by atoms with Gasteiger partial charge in [0.05, 0.1) is 24.7 Å². The van der Waals surface area contributed by atoms with Gasteiger partial charge in [-0.05, 0) is 24.3 Å². The quantitative estimate of drug-likeness (QED) is 0.458. The van der Waals surface area contributed by atoms with Crippen LogP contribution in [-0.4, -0.2) is 27.8 Å². The number of phenols is 1. The third-order valence-electron chi connectivity index (χ3n) is 4.81. The van der Waals surface area contributed by atoms with E-state index >= 15 is 0 Å². The van der Waals surface area contributed by atoms with E-state index in [1.54, 1.807) is 29.9 Å². The first kappa shape index (κ1) is 19.2. The molecule has 0 fully saturated rings. The zero-order valence-corrected chi connectivity index (χ0v) is 16.2. The summed E-state index contributed by atoms with van der Waals surface area (Å²) < 4.78 is 7.10. The second kappa shape index (κ2) is 8.08. The Kier molecular flexibility index (Phi) is 5.17. The first-order valence-corrected chi connectivity index (χ1v) is 9.26. The van der Waals surface area contributed by atoms with Crippen LogP contribution in [0.2, 0.25) is 0 Å². The number of para-hydroxylation sites is 3. The minimum Gasteiger partial charge on any atom is -0.507 e. The molecule has 0 spiro atoms. The standard InChI is InChI=1S/C23H19N3O4/c1-30-20-13-7-2-8-15(20)14-26-18-11-5-3-9-16(18)21(23(26)29)24-25-22(28)17-10-4-6-12-19(17)27/h2-13,27,29H,14H2,1H3. The van der Waals surface area contributed by atoms with Crippen molar-refractivity contribution in [2.24, 2.45) is 10.2 Å². The molecule has 30 heavy (non-hydrogen) atoms. The number of aromatic nitrogens is 1. The Balaban J connectivity index is 1.76. The topological polar surface area (TPSA) is 96.4 Å². The summed E-state index contributed by atoms with van der Waals surface area (Å²) in [6.45, 7) is 0.347. The number of ether oxygens (including phenoxy) is 1. The Hall–Kier alpha value is -4.13. The lowest BCUT2D eigenvalue weighted by molar-refractivity contribution is 0.0992. The lowest BCUT2D eigenvalue weighted by Crippen LogP contribution is -2.01. The molecule has 0 aliphatic rings. The van der Waals surface area contributed by atoms with Crippen molar-refractivity contribution in [2.75, 3.05) is 7.11 Å². The van der Waals surface area contributed by atoms with Gasteiger partial charge in [-0.3, -0.25) is 4.79 Å². The van der Waals surface area contributed by atoms with Crippen LogP contribution in [0.15, 0.2) is 83.0 Å². The van der Waals surface area contributed by atoms with Gasteiger partial charge >= 0.3 is 0 Å². The Bertz CT molecular complexity index is 1260. The van der Waals surface area contributed by atoms with Crippen LogP contribution in [0, 0.1) is 0 Å². The third kappa shape index (κ3) is 3.48. The van der Waals surface area contributed by atoms with E-state index in [-0.39, 0.29) is 22.9 Å². The molecule has 0 atom stereocenters. The number of methoxy groups -OCH3 is 1. The molecule has 1 amide bonds. The van der Waals surface area contributed by atoms with Gasteiger partial charge in [-0.2, -0.15) is 0 Å². The van der Waals surface area contributed by atoms with Gasteiger partial charge in [-0.15, -0.1) is 10.2 Å². The van der Waals surface area contributed by atoms with Crippen molar-refractivity contribution in [3.8, 4) is 17.4 Å². The van der Waals surface area contributed by atoms with Gasteiger partial charge in [0.25, 0.3) is 5.91 Å². The molecule has 3 aromatic carbocycles. The number of carbonyl (C=O) groups excluding carboxylic acids is 1. The molecule has 1 heterocycles. The number of phenolic OH excluding ortho intramolecular Hbond substituents is 1. The number of rotatable bonds is 5. The Morgan fingerprint density at radius 1 is 0.967 bits per heavy atom. The molecule has 4 rings (SSSR count). The van der Waals surface area contributed by atoms with E-state index < -0.39 is 5.91 Å². The van der Waals surface area contributed by atoms with Gasteiger partial charge in [0, 0.05) is 10.9 Å². The van der Waals surface area contributed by atoms with E-state index in [0.717, 1.165) is 11.1 Å². The van der Waals surface area contributed by atoms with E-state index in [1.807, 2.05) is 42.5 Å². The zero-order chi connectivity index (χ0) is 21.1. The number of hydrogen-bond donors (Lipinski definition) is 2. The number of aromatic hydroxyl groups is 2. The highest BCUT2D eigenvalue weighted by atomic mass is 16.5. The molecule has 1 aromatic heterocycles. The van der Waals surface area contributed by atoms with E-state index in [9.17, 15) is 15.0 Å². The summed E-state index contributed by atoms with van der Waals surface area (Å²) in [6.07, 6.45) is 0. The van der Waals surface area contributed by atoms with Gasteiger partial charge < -0.3 is 19.5 Å². The first-order chi connectivity index (χ1) is 14.6. The lowest BCUT2D eigenvalue weighted by atomic mass is 10.2. The van der Waals surface area contributed by atoms with Crippen LogP contribution in [0.5, 0.6) is 17.4 Å². The summed E-state index contributed by atoms with van der Waals surface area (Å²) >= 11 is 0. The summed E-state index contributed by atoms with van der Waals surface area (Å²) in [5.41, 5.74) is 1.84. The Morgan fingerprint density at radius 3 is 2.47 bits per heavy atom. The molecular formula is C23H19N3O4. The number of hydrogen-bond acceptors (Lipinski definition) is 5. The Labute approximate surface area is 172 Å². The third-order valence-corrected chi connectivity index (χ3v) is 4.81. The summed E-state index contributed by atoms with van der Waals surface area (Å²) in [6, 6.07) is 21.0. The lowest BCUT2D eigenvalue weighted by Gasteiger charge is -2.11. The molecule has 0 aliphatic heterocycles. The van der Waals surface area contributed by atoms with Gasteiger partial charge in [-0.1, -0.05) is 48.5 Å². The molecule has 0 aliphatic carbocycles. The fourth-order valence-corrected chi connectivity index (χ4v) is 3.34. The monoisotopic (exact) mass is 401 g/mol. The van der Waals surface area contributed by atoms with E-state index in [2.05, 4.69) is 10.2 Å². The van der Waals surface area contributed by atoms with Crippen LogP contribution in [0.1, 0.15) is 15.9 Å². The molecule has 0 radical (unpaired) electrons. The highest BCUT2D eigenvalue weighted by Crippen LogP contribution is 2.40. The fourth-order valence-electron chi connectivity index (χ4n) is 3.34. The fraction of sp³-hybridized carbons (Fsp3) is 0.0870. The van der Waals surface area contributed by atoms with Crippen molar-refractivity contribution in [1.82, 2.24) is 4.57 Å². The number of azo groups is 1. The van der Waals surface area contributed by atoms with Crippen molar-refractivity contribution in [1.29, 1.82) is 0 Å². The molecular weight excluding hydrogens is 382 g/mol. The number of benzene rings is 3. The van der Waals surface area contributed by atoms with Gasteiger partial charge in [0.1, 0.15) is 11.5 Å². The van der Waals surface area contributed by atoms with Crippen LogP contribution < -0.4 is 4.74 Å². The maximum Gasteiger partial charge on any atom is 0.299 e. The summed E-state index contributed by atoms with van der Waals surface area (Å²) in [7, 11) is 1.59. The summed E-state index contributed by atoms with van der Waals surface area (Å²) in [4.78, 5) is 12.3. The van der Waals surface area contributed by atoms with Gasteiger partial charge in [0.15, 0.2) is 5.69 Å². The SMILES string of the molecule is COc1ccccc1Cn1c(O)c(N=NC(=O)c2ccccc2O)c2ccccc21. The van der Waals surface area contributed by atoms with Crippen molar-refractivity contribution in [2.45, 2.75) is 6.54 Å². The average molecular weight is 401 g/mol.